The molecule has 0 saturated heterocycles. The first-order valence-corrected chi connectivity index (χ1v) is 7.94. The van der Waals surface area contributed by atoms with E-state index in [0.29, 0.717) is 21.0 Å². The Morgan fingerprint density at radius 2 is 1.57 bits per heavy atom. The maximum Gasteiger partial charge on any atom is 0.176 e. The molecule has 0 spiro atoms. The first-order chi connectivity index (χ1) is 10.1. The number of benzene rings is 2. The van der Waals surface area contributed by atoms with Crippen molar-refractivity contribution in [2.24, 2.45) is 5.92 Å². The molecule has 0 aliphatic heterocycles. The highest BCUT2D eigenvalue weighted by Crippen LogP contribution is 2.39. The number of hydrogen-bond donors (Lipinski definition) is 0. The van der Waals surface area contributed by atoms with Crippen molar-refractivity contribution in [1.29, 1.82) is 0 Å². The van der Waals surface area contributed by atoms with Gasteiger partial charge in [0.15, 0.2) is 11.6 Å². The minimum absolute atomic E-state index is 0.197. The number of rotatable bonds is 3. The molecule has 0 atom stereocenters. The lowest BCUT2D eigenvalue weighted by Gasteiger charge is -2.03. The van der Waals surface area contributed by atoms with Gasteiger partial charge in [0.2, 0.25) is 0 Å². The highest BCUT2D eigenvalue weighted by molar-refractivity contribution is 7.25. The molecular formula is C17H13F3S. The zero-order valence-electron chi connectivity index (χ0n) is 11.3. The summed E-state index contributed by atoms with van der Waals surface area (Å²) in [6, 6.07) is 6.24. The van der Waals surface area contributed by atoms with Crippen LogP contribution in [0.2, 0.25) is 0 Å². The highest BCUT2D eigenvalue weighted by Gasteiger charge is 2.22. The summed E-state index contributed by atoms with van der Waals surface area (Å²) in [5, 5.41) is 1.25. The average molecular weight is 306 g/mol. The van der Waals surface area contributed by atoms with Gasteiger partial charge in [0.05, 0.1) is 9.40 Å². The van der Waals surface area contributed by atoms with E-state index in [1.165, 1.54) is 18.9 Å². The molecule has 0 radical (unpaired) electrons. The molecule has 1 heterocycles. The van der Waals surface area contributed by atoms with Crippen LogP contribution in [0.1, 0.15) is 24.8 Å². The molecule has 2 aromatic carbocycles. The van der Waals surface area contributed by atoms with Crippen molar-refractivity contribution < 1.29 is 13.2 Å². The Balaban J connectivity index is 1.88. The Morgan fingerprint density at radius 3 is 2.29 bits per heavy atom. The number of aryl methyl sites for hydroxylation is 1. The van der Waals surface area contributed by atoms with Crippen molar-refractivity contribution in [3.05, 3.63) is 47.3 Å². The van der Waals surface area contributed by atoms with Crippen LogP contribution in [-0.4, -0.2) is 0 Å². The minimum atomic E-state index is -0.886. The summed E-state index contributed by atoms with van der Waals surface area (Å²) in [6.07, 6.45) is 4.22. The molecule has 0 nitrogen and oxygen atoms in total. The molecule has 1 aliphatic rings. The molecule has 1 aliphatic carbocycles. The van der Waals surface area contributed by atoms with E-state index in [9.17, 15) is 13.2 Å². The van der Waals surface area contributed by atoms with Crippen LogP contribution in [0.5, 0.6) is 0 Å². The van der Waals surface area contributed by atoms with Crippen LogP contribution < -0.4 is 0 Å². The van der Waals surface area contributed by atoms with Crippen molar-refractivity contribution >= 4 is 31.5 Å². The normalized spacial score (nSPS) is 15.2. The van der Waals surface area contributed by atoms with Gasteiger partial charge >= 0.3 is 0 Å². The zero-order chi connectivity index (χ0) is 14.6. The fraction of sp³-hybridized carbons (Fsp3) is 0.294. The third kappa shape index (κ3) is 2.13. The van der Waals surface area contributed by atoms with E-state index in [1.807, 2.05) is 6.07 Å². The average Bonchev–Trinajstić information content (AvgIpc) is 3.22. The smallest absolute Gasteiger partial charge is 0.176 e. The summed E-state index contributed by atoms with van der Waals surface area (Å²) in [7, 11) is 0. The fourth-order valence-corrected chi connectivity index (χ4v) is 4.00. The van der Waals surface area contributed by atoms with Crippen molar-refractivity contribution in [1.82, 2.24) is 0 Å². The van der Waals surface area contributed by atoms with Crippen LogP contribution in [0.3, 0.4) is 0 Å². The van der Waals surface area contributed by atoms with Gasteiger partial charge in [-0.25, -0.2) is 13.2 Å². The van der Waals surface area contributed by atoms with E-state index < -0.39 is 11.6 Å². The molecule has 1 aromatic heterocycles. The molecule has 108 valence electrons. The van der Waals surface area contributed by atoms with Gasteiger partial charge in [0.25, 0.3) is 0 Å². The van der Waals surface area contributed by atoms with Crippen molar-refractivity contribution in [2.75, 3.05) is 0 Å². The van der Waals surface area contributed by atoms with E-state index in [-0.39, 0.29) is 10.5 Å². The lowest BCUT2D eigenvalue weighted by atomic mass is 10.0. The van der Waals surface area contributed by atoms with Crippen LogP contribution in [-0.2, 0) is 6.42 Å². The molecule has 0 bridgehead atoms. The number of halogens is 3. The minimum Gasteiger partial charge on any atom is -0.205 e. The summed E-state index contributed by atoms with van der Waals surface area (Å²) in [5.74, 6) is -1.29. The topological polar surface area (TPSA) is 0 Å². The SMILES string of the molecule is Fc1ccc2c(sc3c(F)c(CCC4CC4)ccc32)c1F. The van der Waals surface area contributed by atoms with E-state index in [2.05, 4.69) is 0 Å². The van der Waals surface area contributed by atoms with Gasteiger partial charge in [-0.15, -0.1) is 11.3 Å². The number of hydrogen-bond acceptors (Lipinski definition) is 1. The highest BCUT2D eigenvalue weighted by atomic mass is 32.1. The van der Waals surface area contributed by atoms with Crippen molar-refractivity contribution in [2.45, 2.75) is 25.7 Å². The lowest BCUT2D eigenvalue weighted by molar-refractivity contribution is 0.518. The number of fused-ring (bicyclic) bond motifs is 3. The van der Waals surface area contributed by atoms with E-state index in [1.54, 1.807) is 6.07 Å². The standard InChI is InChI=1S/C17H13F3S/c18-13-8-7-12-11-6-5-10(4-3-9-1-2-9)14(19)16(11)21-17(12)15(13)20/h5-9H,1-4H2. The maximum atomic E-state index is 14.6. The predicted octanol–water partition coefficient (Wildman–Crippen LogP) is 5.81. The molecular weight excluding hydrogens is 293 g/mol. The molecule has 0 unspecified atom stereocenters. The summed E-state index contributed by atoms with van der Waals surface area (Å²) in [5.41, 5.74) is 0.682. The lowest BCUT2D eigenvalue weighted by Crippen LogP contribution is -1.91. The molecule has 1 fully saturated rings. The van der Waals surface area contributed by atoms with Crippen LogP contribution >= 0.6 is 11.3 Å². The maximum absolute atomic E-state index is 14.6. The Hall–Kier alpha value is -1.55. The summed E-state index contributed by atoms with van der Waals surface area (Å²) in [6.45, 7) is 0. The Labute approximate surface area is 124 Å². The van der Waals surface area contributed by atoms with E-state index in [0.717, 1.165) is 36.2 Å². The second-order valence-electron chi connectivity index (χ2n) is 5.74. The molecule has 3 aromatic rings. The Morgan fingerprint density at radius 1 is 0.905 bits per heavy atom. The third-order valence-electron chi connectivity index (χ3n) is 4.24. The quantitative estimate of drug-likeness (QED) is 0.572. The van der Waals surface area contributed by atoms with Crippen LogP contribution in [0, 0.1) is 23.4 Å². The van der Waals surface area contributed by atoms with E-state index >= 15 is 0 Å². The van der Waals surface area contributed by atoms with Crippen LogP contribution in [0.15, 0.2) is 24.3 Å². The molecule has 21 heavy (non-hydrogen) atoms. The largest absolute Gasteiger partial charge is 0.205 e. The van der Waals surface area contributed by atoms with Gasteiger partial charge in [-0.1, -0.05) is 25.0 Å². The summed E-state index contributed by atoms with van der Waals surface area (Å²) < 4.78 is 42.4. The summed E-state index contributed by atoms with van der Waals surface area (Å²) >= 11 is 1.00. The number of thiophene rings is 1. The van der Waals surface area contributed by atoms with Crippen molar-refractivity contribution in [3.8, 4) is 0 Å². The molecule has 4 rings (SSSR count). The summed E-state index contributed by atoms with van der Waals surface area (Å²) in [4.78, 5) is 0. The monoisotopic (exact) mass is 306 g/mol. The van der Waals surface area contributed by atoms with Gasteiger partial charge in [-0.3, -0.25) is 0 Å². The van der Waals surface area contributed by atoms with Gasteiger partial charge < -0.3 is 0 Å². The van der Waals surface area contributed by atoms with Crippen LogP contribution in [0.4, 0.5) is 13.2 Å². The van der Waals surface area contributed by atoms with Gasteiger partial charge in [0, 0.05) is 10.8 Å². The Kier molecular flexibility index (Phi) is 2.96. The van der Waals surface area contributed by atoms with Gasteiger partial charge in [-0.2, -0.15) is 0 Å². The molecule has 0 N–H and O–H groups in total. The third-order valence-corrected chi connectivity index (χ3v) is 5.45. The molecule has 1 saturated carbocycles. The fourth-order valence-electron chi connectivity index (χ4n) is 2.81. The molecule has 0 amide bonds. The zero-order valence-corrected chi connectivity index (χ0v) is 12.1. The second-order valence-corrected chi connectivity index (χ2v) is 6.76. The Bertz CT molecular complexity index is 846. The second kappa shape index (κ2) is 4.73. The van der Waals surface area contributed by atoms with E-state index in [4.69, 9.17) is 0 Å². The first kappa shape index (κ1) is 13.1. The first-order valence-electron chi connectivity index (χ1n) is 7.12. The predicted molar refractivity (Wildman–Crippen MR) is 80.3 cm³/mol. The molecule has 4 heteroatoms. The van der Waals surface area contributed by atoms with Gasteiger partial charge in [-0.05, 0) is 36.5 Å². The van der Waals surface area contributed by atoms with Crippen LogP contribution in [0.25, 0.3) is 20.2 Å². The van der Waals surface area contributed by atoms with Crippen molar-refractivity contribution in [3.63, 3.8) is 0 Å². The van der Waals surface area contributed by atoms with Gasteiger partial charge in [0.1, 0.15) is 5.82 Å².